The molecule has 2 aliphatic heterocycles. The van der Waals surface area contributed by atoms with Crippen LogP contribution in [0.25, 0.3) is 0 Å². The second-order valence-electron chi connectivity index (χ2n) is 8.72. The summed E-state index contributed by atoms with van der Waals surface area (Å²) in [7, 11) is 0. The van der Waals surface area contributed by atoms with E-state index in [0.717, 1.165) is 28.6 Å². The largest absolute Gasteiger partial charge is 0.381 e. The second-order valence-corrected chi connectivity index (χ2v) is 9.64. The van der Waals surface area contributed by atoms with Gasteiger partial charge in [-0.2, -0.15) is 0 Å². The zero-order valence-electron chi connectivity index (χ0n) is 18.1. The highest BCUT2D eigenvalue weighted by atomic mass is 79.9. The van der Waals surface area contributed by atoms with Crippen LogP contribution >= 0.6 is 15.9 Å². The van der Waals surface area contributed by atoms with E-state index in [1.165, 1.54) is 11.1 Å². The summed E-state index contributed by atoms with van der Waals surface area (Å²) in [5.74, 6) is -0.901. The van der Waals surface area contributed by atoms with Gasteiger partial charge in [-0.15, -0.1) is 0 Å². The number of rotatable bonds is 5. The van der Waals surface area contributed by atoms with Crippen LogP contribution in [0.4, 0.5) is 5.69 Å². The summed E-state index contributed by atoms with van der Waals surface area (Å²) in [5.41, 5.74) is 4.23. The molecule has 6 heteroatoms. The fourth-order valence-electron chi connectivity index (χ4n) is 4.60. The second kappa shape index (κ2) is 9.13. The Morgan fingerprint density at radius 2 is 1.94 bits per heavy atom. The van der Waals surface area contributed by atoms with Crippen molar-refractivity contribution in [2.75, 3.05) is 31.2 Å². The lowest BCUT2D eigenvalue weighted by Gasteiger charge is -2.38. The summed E-state index contributed by atoms with van der Waals surface area (Å²) in [6.45, 7) is 6.52. The number of nitrogens with one attached hydrogen (secondary N) is 1. The van der Waals surface area contributed by atoms with E-state index >= 15 is 0 Å². The number of amides is 2. The molecule has 2 fully saturated rings. The van der Waals surface area contributed by atoms with Crippen LogP contribution in [0, 0.1) is 19.8 Å². The minimum atomic E-state index is -0.624. The monoisotopic (exact) mass is 484 g/mol. The van der Waals surface area contributed by atoms with Crippen LogP contribution < -0.4 is 10.2 Å². The van der Waals surface area contributed by atoms with Gasteiger partial charge in [0.05, 0.1) is 0 Å². The van der Waals surface area contributed by atoms with E-state index in [1.54, 1.807) is 4.90 Å². The Bertz CT molecular complexity index is 984. The quantitative estimate of drug-likeness (QED) is 0.644. The van der Waals surface area contributed by atoms with E-state index < -0.39 is 5.92 Å². The normalized spacial score (nSPS) is 20.7. The molecule has 5 nitrogen and oxygen atoms in total. The van der Waals surface area contributed by atoms with Gasteiger partial charge in [-0.3, -0.25) is 9.59 Å². The van der Waals surface area contributed by atoms with Crippen molar-refractivity contribution in [1.82, 2.24) is 5.32 Å². The molecule has 0 radical (unpaired) electrons. The molecule has 0 aromatic heterocycles. The Labute approximate surface area is 192 Å². The highest BCUT2D eigenvalue weighted by Crippen LogP contribution is 2.36. The van der Waals surface area contributed by atoms with E-state index in [-0.39, 0.29) is 17.2 Å². The predicted octanol–water partition coefficient (Wildman–Crippen LogP) is 4.28. The molecule has 2 amide bonds. The lowest BCUT2D eigenvalue weighted by atomic mass is 9.74. The first-order valence-electron chi connectivity index (χ1n) is 10.9. The lowest BCUT2D eigenvalue weighted by molar-refractivity contribution is -0.132. The number of aryl methyl sites for hydroxylation is 2. The number of anilines is 1. The smallest absolute Gasteiger partial charge is 0.239 e. The van der Waals surface area contributed by atoms with Gasteiger partial charge in [0.2, 0.25) is 11.8 Å². The van der Waals surface area contributed by atoms with E-state index in [9.17, 15) is 9.59 Å². The van der Waals surface area contributed by atoms with Crippen LogP contribution in [-0.2, 0) is 19.7 Å². The van der Waals surface area contributed by atoms with Gasteiger partial charge in [-0.25, -0.2) is 0 Å². The Hall–Kier alpha value is -2.18. The van der Waals surface area contributed by atoms with Crippen LogP contribution in [0.15, 0.2) is 46.9 Å². The summed E-state index contributed by atoms with van der Waals surface area (Å²) in [5, 5.41) is 3.12. The third kappa shape index (κ3) is 4.55. The summed E-state index contributed by atoms with van der Waals surface area (Å²) in [6, 6.07) is 14.3. The molecule has 1 N–H and O–H groups in total. The summed E-state index contributed by atoms with van der Waals surface area (Å²) in [4.78, 5) is 27.8. The molecule has 2 heterocycles. The summed E-state index contributed by atoms with van der Waals surface area (Å²) < 4.78 is 6.62. The average molecular weight is 485 g/mol. The minimum absolute atomic E-state index is 0.107. The topological polar surface area (TPSA) is 58.6 Å². The number of hydrogen-bond acceptors (Lipinski definition) is 3. The van der Waals surface area contributed by atoms with Gasteiger partial charge in [-0.1, -0.05) is 34.1 Å². The first-order chi connectivity index (χ1) is 14.9. The molecule has 0 aliphatic carbocycles. The van der Waals surface area contributed by atoms with Crippen LogP contribution in [0.3, 0.4) is 0 Å². The van der Waals surface area contributed by atoms with Crippen molar-refractivity contribution >= 4 is 33.4 Å². The fraction of sp³-hybridized carbons (Fsp3) is 0.440. The maximum Gasteiger partial charge on any atom is 0.239 e. The first kappa shape index (κ1) is 22.0. The van der Waals surface area contributed by atoms with E-state index in [2.05, 4.69) is 40.3 Å². The molecule has 0 spiro atoms. The molecular weight excluding hydrogens is 456 g/mol. The lowest BCUT2D eigenvalue weighted by Crippen LogP contribution is -2.47. The highest BCUT2D eigenvalue weighted by Gasteiger charge is 2.40. The van der Waals surface area contributed by atoms with Gasteiger partial charge in [0.15, 0.2) is 0 Å². The highest BCUT2D eigenvalue weighted by molar-refractivity contribution is 9.10. The van der Waals surface area contributed by atoms with Crippen molar-refractivity contribution in [2.45, 2.75) is 38.5 Å². The molecular formula is C25H29BrN2O3. The third-order valence-electron chi connectivity index (χ3n) is 6.81. The zero-order valence-corrected chi connectivity index (χ0v) is 19.7. The van der Waals surface area contributed by atoms with Gasteiger partial charge >= 0.3 is 0 Å². The molecule has 2 saturated heterocycles. The SMILES string of the molecule is Cc1ccc(N2CCC(C(=O)NCC3(c4cccc(Br)c4)CCOCC3)C2=O)cc1C. The van der Waals surface area contributed by atoms with Crippen LogP contribution in [0.2, 0.25) is 0 Å². The van der Waals surface area contributed by atoms with Crippen LogP contribution in [0.1, 0.15) is 36.0 Å². The Morgan fingerprint density at radius 3 is 2.65 bits per heavy atom. The van der Waals surface area contributed by atoms with E-state index in [4.69, 9.17) is 4.74 Å². The minimum Gasteiger partial charge on any atom is -0.381 e. The number of benzene rings is 2. The molecule has 2 aliphatic rings. The summed E-state index contributed by atoms with van der Waals surface area (Å²) in [6.07, 6.45) is 2.23. The van der Waals surface area contributed by atoms with Gasteiger partial charge in [0, 0.05) is 41.9 Å². The maximum absolute atomic E-state index is 13.0. The van der Waals surface area contributed by atoms with Gasteiger partial charge < -0.3 is 15.0 Å². The molecule has 164 valence electrons. The number of halogens is 1. The Kier molecular flexibility index (Phi) is 6.49. The van der Waals surface area contributed by atoms with Crippen molar-refractivity contribution < 1.29 is 14.3 Å². The zero-order chi connectivity index (χ0) is 22.0. The molecule has 2 aromatic carbocycles. The van der Waals surface area contributed by atoms with Crippen molar-refractivity contribution in [1.29, 1.82) is 0 Å². The molecule has 4 rings (SSSR count). The average Bonchev–Trinajstić information content (AvgIpc) is 3.16. The Morgan fingerprint density at radius 1 is 1.16 bits per heavy atom. The number of carbonyl (C=O) groups is 2. The molecule has 0 saturated carbocycles. The van der Waals surface area contributed by atoms with Gasteiger partial charge in [0.25, 0.3) is 0 Å². The third-order valence-corrected chi connectivity index (χ3v) is 7.31. The molecule has 2 aromatic rings. The number of hydrogen-bond donors (Lipinski definition) is 1. The van der Waals surface area contributed by atoms with E-state index in [1.807, 2.05) is 37.3 Å². The Balaban J connectivity index is 1.46. The van der Waals surface area contributed by atoms with Crippen molar-refractivity contribution in [3.8, 4) is 0 Å². The van der Waals surface area contributed by atoms with Crippen LogP contribution in [0.5, 0.6) is 0 Å². The van der Waals surface area contributed by atoms with E-state index in [0.29, 0.717) is 32.7 Å². The predicted molar refractivity (Wildman–Crippen MR) is 125 cm³/mol. The number of carbonyl (C=O) groups excluding carboxylic acids is 2. The van der Waals surface area contributed by atoms with Crippen molar-refractivity contribution in [2.24, 2.45) is 5.92 Å². The molecule has 0 bridgehead atoms. The van der Waals surface area contributed by atoms with Gasteiger partial charge in [-0.05, 0) is 74.1 Å². The number of nitrogens with zero attached hydrogens (tertiary/aromatic N) is 1. The van der Waals surface area contributed by atoms with Crippen molar-refractivity contribution in [3.05, 3.63) is 63.6 Å². The molecule has 31 heavy (non-hydrogen) atoms. The first-order valence-corrected chi connectivity index (χ1v) is 11.7. The van der Waals surface area contributed by atoms with Crippen LogP contribution in [-0.4, -0.2) is 38.1 Å². The maximum atomic E-state index is 13.0. The standard InChI is InChI=1S/C25H29BrN2O3/c1-17-6-7-21(14-18(17)2)28-11-8-22(24(28)30)23(29)27-16-25(9-12-31-13-10-25)19-4-3-5-20(26)15-19/h3-7,14-15,22H,8-13,16H2,1-2H3,(H,27,29). The van der Waals surface area contributed by atoms with Crippen molar-refractivity contribution in [3.63, 3.8) is 0 Å². The summed E-state index contributed by atoms with van der Waals surface area (Å²) >= 11 is 3.56. The molecule has 1 atom stereocenters. The van der Waals surface area contributed by atoms with Gasteiger partial charge in [0.1, 0.15) is 5.92 Å². The molecule has 1 unspecified atom stereocenters. The number of ether oxygens (including phenoxy) is 1. The fourth-order valence-corrected chi connectivity index (χ4v) is 5.00.